The van der Waals surface area contributed by atoms with E-state index in [2.05, 4.69) is 4.98 Å². The number of hydrogen-bond donors (Lipinski definition) is 0. The second kappa shape index (κ2) is 5.55. The predicted molar refractivity (Wildman–Crippen MR) is 69.2 cm³/mol. The molecule has 4 nitrogen and oxygen atoms in total. The van der Waals surface area contributed by atoms with Crippen molar-refractivity contribution in [1.82, 2.24) is 9.55 Å². The maximum Gasteiger partial charge on any atom is 0.416 e. The van der Waals surface area contributed by atoms with Gasteiger partial charge >= 0.3 is 6.18 Å². The highest BCUT2D eigenvalue weighted by Crippen LogP contribution is 2.36. The summed E-state index contributed by atoms with van der Waals surface area (Å²) >= 11 is 5.69. The van der Waals surface area contributed by atoms with Gasteiger partial charge in [0.05, 0.1) is 16.6 Å². The van der Waals surface area contributed by atoms with Crippen LogP contribution in [0, 0.1) is 0 Å². The first-order valence-corrected chi connectivity index (χ1v) is 6.63. The topological polar surface area (TPSA) is 58.0 Å². The van der Waals surface area contributed by atoms with Crippen molar-refractivity contribution in [3.05, 3.63) is 28.5 Å². The van der Waals surface area contributed by atoms with E-state index in [0.29, 0.717) is 17.4 Å². The first-order chi connectivity index (χ1) is 9.77. The van der Waals surface area contributed by atoms with E-state index in [1.165, 1.54) is 0 Å². The van der Waals surface area contributed by atoms with Gasteiger partial charge in [-0.2, -0.15) is 13.2 Å². The monoisotopic (exact) mass is 319 g/mol. The zero-order valence-electron chi connectivity index (χ0n) is 11.0. The molecule has 0 radical (unpaired) electrons. The summed E-state index contributed by atoms with van der Waals surface area (Å²) in [6.45, 7) is 1.85. The van der Waals surface area contributed by atoms with Crippen LogP contribution in [0.2, 0.25) is 5.28 Å². The number of hydrogen-bond acceptors (Lipinski definition) is 3. The number of unbranched alkanes of at least 4 members (excludes halogenated alkanes) is 1. The Labute approximate surface area is 123 Å². The molecule has 114 valence electrons. The predicted octanol–water partition coefficient (Wildman–Crippen LogP) is 3.24. The number of nitrogens with zero attached hydrogens (tertiary/aromatic N) is 2. The van der Waals surface area contributed by atoms with Crippen LogP contribution in [0.4, 0.5) is 18.0 Å². The Morgan fingerprint density at radius 1 is 1.43 bits per heavy atom. The van der Waals surface area contributed by atoms with Crippen LogP contribution in [0.25, 0.3) is 11.0 Å². The second-order valence-corrected chi connectivity index (χ2v) is 4.88. The fraction of sp³-hybridized carbons (Fsp3) is 0.385. The lowest BCUT2D eigenvalue weighted by Crippen LogP contribution is -2.28. The number of halogens is 4. The number of benzene rings is 1. The minimum atomic E-state index is -4.53. The molecule has 0 amide bonds. The van der Waals surface area contributed by atoms with E-state index in [0.717, 1.165) is 12.1 Å². The van der Waals surface area contributed by atoms with Gasteiger partial charge in [0, 0.05) is 0 Å². The molecule has 2 aromatic rings. The summed E-state index contributed by atoms with van der Waals surface area (Å²) in [5, 5.41) is 10.6. The number of carbonyl (C=O) groups is 1. The van der Waals surface area contributed by atoms with Crippen LogP contribution in [-0.4, -0.2) is 15.6 Å². The molecule has 2 rings (SSSR count). The van der Waals surface area contributed by atoms with Crippen molar-refractivity contribution in [1.29, 1.82) is 0 Å². The van der Waals surface area contributed by atoms with Crippen molar-refractivity contribution in [3.63, 3.8) is 0 Å². The number of fused-ring (bicyclic) bond motifs is 1. The number of imidazole rings is 1. The van der Waals surface area contributed by atoms with Crippen LogP contribution in [0.15, 0.2) is 12.1 Å². The Hall–Kier alpha value is -1.76. The van der Waals surface area contributed by atoms with Crippen LogP contribution in [0.1, 0.15) is 30.9 Å². The van der Waals surface area contributed by atoms with E-state index >= 15 is 0 Å². The van der Waals surface area contributed by atoms with Gasteiger partial charge in [0.15, 0.2) is 0 Å². The SMILES string of the molecule is CCCCc1c(C(F)(F)F)ccc2c1nc(Cl)n2C(=O)[O-]. The van der Waals surface area contributed by atoms with E-state index in [1.807, 2.05) is 6.92 Å². The maximum absolute atomic E-state index is 13.1. The van der Waals surface area contributed by atoms with Crippen molar-refractivity contribution in [2.45, 2.75) is 32.4 Å². The molecule has 21 heavy (non-hydrogen) atoms. The smallest absolute Gasteiger partial charge is 0.416 e. The fourth-order valence-corrected chi connectivity index (χ4v) is 2.46. The third-order valence-corrected chi connectivity index (χ3v) is 3.41. The van der Waals surface area contributed by atoms with Crippen LogP contribution in [0.5, 0.6) is 0 Å². The molecule has 0 bridgehead atoms. The summed E-state index contributed by atoms with van der Waals surface area (Å²) in [7, 11) is 0. The molecule has 0 saturated carbocycles. The quantitative estimate of drug-likeness (QED) is 0.872. The van der Waals surface area contributed by atoms with Gasteiger partial charge in [0.2, 0.25) is 5.28 Å². The zero-order chi connectivity index (χ0) is 15.8. The van der Waals surface area contributed by atoms with Crippen LogP contribution < -0.4 is 5.11 Å². The Kier molecular flexibility index (Phi) is 4.13. The summed E-state index contributed by atoms with van der Waals surface area (Å²) < 4.78 is 39.8. The van der Waals surface area contributed by atoms with E-state index in [4.69, 9.17) is 11.6 Å². The minimum Gasteiger partial charge on any atom is -0.529 e. The number of aryl methyl sites for hydroxylation is 1. The summed E-state index contributed by atoms with van der Waals surface area (Å²) in [6, 6.07) is 1.90. The van der Waals surface area contributed by atoms with E-state index in [-0.39, 0.29) is 23.0 Å². The summed E-state index contributed by atoms with van der Waals surface area (Å²) in [5.41, 5.74) is -0.904. The largest absolute Gasteiger partial charge is 0.529 e. The highest BCUT2D eigenvalue weighted by Gasteiger charge is 2.34. The van der Waals surface area contributed by atoms with Crippen molar-refractivity contribution in [2.75, 3.05) is 0 Å². The molecule has 0 aliphatic carbocycles. The highest BCUT2D eigenvalue weighted by atomic mass is 35.5. The third-order valence-electron chi connectivity index (χ3n) is 3.16. The Morgan fingerprint density at radius 2 is 2.10 bits per heavy atom. The van der Waals surface area contributed by atoms with Gasteiger partial charge in [0.25, 0.3) is 0 Å². The first kappa shape index (κ1) is 15.6. The molecule has 1 aromatic carbocycles. The van der Waals surface area contributed by atoms with Gasteiger partial charge in [-0.15, -0.1) is 0 Å². The zero-order valence-corrected chi connectivity index (χ0v) is 11.8. The molecule has 0 aliphatic heterocycles. The fourth-order valence-electron chi connectivity index (χ4n) is 2.22. The molecule has 1 heterocycles. The Morgan fingerprint density at radius 3 is 2.62 bits per heavy atom. The maximum atomic E-state index is 13.1. The normalized spacial score (nSPS) is 12.0. The molecule has 0 atom stereocenters. The van der Waals surface area contributed by atoms with Crippen molar-refractivity contribution < 1.29 is 23.1 Å². The summed E-state index contributed by atoms with van der Waals surface area (Å²) in [4.78, 5) is 14.8. The molecular weight excluding hydrogens is 309 g/mol. The molecule has 0 aliphatic rings. The van der Waals surface area contributed by atoms with Gasteiger partial charge < -0.3 is 9.90 Å². The number of alkyl halides is 3. The number of carbonyl (C=O) groups excluding carboxylic acids is 1. The molecule has 0 fully saturated rings. The van der Waals surface area contributed by atoms with E-state index in [1.54, 1.807) is 0 Å². The number of carboxylic acid groups (broad SMARTS) is 1. The van der Waals surface area contributed by atoms with E-state index in [9.17, 15) is 23.1 Å². The van der Waals surface area contributed by atoms with Gasteiger partial charge in [-0.1, -0.05) is 13.3 Å². The van der Waals surface area contributed by atoms with Crippen molar-refractivity contribution in [3.8, 4) is 0 Å². The van der Waals surface area contributed by atoms with Crippen molar-refractivity contribution >= 4 is 28.7 Å². The molecule has 0 spiro atoms. The molecule has 0 saturated heterocycles. The Bertz CT molecular complexity index is 695. The lowest BCUT2D eigenvalue weighted by atomic mass is 10.00. The summed E-state index contributed by atoms with van der Waals surface area (Å²) in [6.07, 6.45) is -4.80. The molecular formula is C13H11ClF3N2O2-. The minimum absolute atomic E-state index is 0.000830. The number of aromatic nitrogens is 2. The Balaban J connectivity index is 2.76. The van der Waals surface area contributed by atoms with Gasteiger partial charge in [0.1, 0.15) is 6.09 Å². The molecule has 0 N–H and O–H groups in total. The average molecular weight is 320 g/mol. The molecule has 8 heteroatoms. The first-order valence-electron chi connectivity index (χ1n) is 6.25. The average Bonchev–Trinajstić information content (AvgIpc) is 2.70. The van der Waals surface area contributed by atoms with Gasteiger partial charge in [-0.3, -0.25) is 4.57 Å². The van der Waals surface area contributed by atoms with Gasteiger partial charge in [-0.05, 0) is 42.1 Å². The van der Waals surface area contributed by atoms with E-state index < -0.39 is 23.1 Å². The second-order valence-electron chi connectivity index (χ2n) is 4.54. The lowest BCUT2D eigenvalue weighted by molar-refractivity contribution is -0.249. The highest BCUT2D eigenvalue weighted by molar-refractivity contribution is 6.30. The van der Waals surface area contributed by atoms with Crippen molar-refractivity contribution in [2.24, 2.45) is 0 Å². The van der Waals surface area contributed by atoms with Gasteiger partial charge in [-0.25, -0.2) is 4.98 Å². The van der Waals surface area contributed by atoms with Crippen LogP contribution in [-0.2, 0) is 12.6 Å². The summed E-state index contributed by atoms with van der Waals surface area (Å²) in [5.74, 6) is 0. The molecule has 0 unspecified atom stereocenters. The standard InChI is InChI=1S/C13H12ClF3N2O2/c1-2-3-4-7-8(13(15,16)17)5-6-9-10(7)18-11(14)19(9)12(20)21/h5-6H,2-4H2,1H3,(H,20,21)/p-1. The van der Waals surface area contributed by atoms with Crippen LogP contribution in [0.3, 0.4) is 0 Å². The number of rotatable bonds is 3. The lowest BCUT2D eigenvalue weighted by Gasteiger charge is -2.14. The third kappa shape index (κ3) is 2.83. The van der Waals surface area contributed by atoms with Crippen LogP contribution >= 0.6 is 11.6 Å². The molecule has 1 aromatic heterocycles.